The number of rotatable bonds is 8. The van der Waals surface area contributed by atoms with Crippen LogP contribution in [-0.4, -0.2) is 58.6 Å². The van der Waals surface area contributed by atoms with Gasteiger partial charge in [0, 0.05) is 33.3 Å². The van der Waals surface area contributed by atoms with Crippen molar-refractivity contribution in [1.82, 2.24) is 8.61 Å². The molecule has 1 saturated heterocycles. The quantitative estimate of drug-likeness (QED) is 0.408. The molecule has 3 rings (SSSR count). The highest BCUT2D eigenvalue weighted by Crippen LogP contribution is 2.21. The average Bonchev–Trinajstić information content (AvgIpc) is 3.10. The summed E-state index contributed by atoms with van der Waals surface area (Å²) in [6, 6.07) is 9.03. The molecular weight excluding hydrogens is 468 g/mol. The molecule has 0 aliphatic carbocycles. The second kappa shape index (κ2) is 10.6. The molecule has 11 heteroatoms. The van der Waals surface area contributed by atoms with Crippen LogP contribution in [-0.2, 0) is 36.2 Å². The molecule has 1 fully saturated rings. The van der Waals surface area contributed by atoms with E-state index in [0.717, 1.165) is 30.0 Å². The lowest BCUT2D eigenvalue weighted by atomic mass is 10.2. The predicted octanol–water partition coefficient (Wildman–Crippen LogP) is 2.85. The lowest BCUT2D eigenvalue weighted by Gasteiger charge is -2.19. The third-order valence-electron chi connectivity index (χ3n) is 5.22. The third-order valence-corrected chi connectivity index (χ3v) is 8.83. The van der Waals surface area contributed by atoms with Crippen LogP contribution in [0.25, 0.3) is 6.08 Å². The SMILES string of the molecule is CN(C)S(=O)(=O)c1ccc(COC(=O)/C=C/c2ccc(S(=O)(=O)N3CCCCCC3)cc2)o1. The molecule has 2 heterocycles. The van der Waals surface area contributed by atoms with E-state index in [9.17, 15) is 21.6 Å². The standard InChI is InChI=1S/C22H28N2O7S2/c1-23(2)33(28,29)22-14-10-19(31-22)17-30-21(25)13-9-18-7-11-20(12-8-18)32(26,27)24-15-5-3-4-6-16-24/h7-14H,3-6,15-17H2,1-2H3/b13-9+. The van der Waals surface area contributed by atoms with Gasteiger partial charge in [0.05, 0.1) is 4.90 Å². The molecule has 0 spiro atoms. The van der Waals surface area contributed by atoms with Gasteiger partial charge in [0.1, 0.15) is 12.4 Å². The van der Waals surface area contributed by atoms with Crippen molar-refractivity contribution in [3.63, 3.8) is 0 Å². The van der Waals surface area contributed by atoms with E-state index in [-0.39, 0.29) is 22.4 Å². The maximum Gasteiger partial charge on any atom is 0.331 e. The van der Waals surface area contributed by atoms with Gasteiger partial charge in [0.15, 0.2) is 0 Å². The van der Waals surface area contributed by atoms with Crippen LogP contribution >= 0.6 is 0 Å². The van der Waals surface area contributed by atoms with Gasteiger partial charge in [0.2, 0.25) is 15.1 Å². The number of furan rings is 1. The number of ether oxygens (including phenoxy) is 1. The summed E-state index contributed by atoms with van der Waals surface area (Å²) in [6.45, 7) is 0.848. The molecule has 1 aromatic carbocycles. The number of hydrogen-bond donors (Lipinski definition) is 0. The summed E-state index contributed by atoms with van der Waals surface area (Å²) < 4.78 is 62.5. The highest BCUT2D eigenvalue weighted by molar-refractivity contribution is 7.89. The van der Waals surface area contributed by atoms with Gasteiger partial charge in [-0.25, -0.2) is 25.9 Å². The van der Waals surface area contributed by atoms with Gasteiger partial charge in [-0.3, -0.25) is 0 Å². The normalized spacial score (nSPS) is 16.2. The topological polar surface area (TPSA) is 114 Å². The van der Waals surface area contributed by atoms with Gasteiger partial charge < -0.3 is 9.15 Å². The van der Waals surface area contributed by atoms with Gasteiger partial charge >= 0.3 is 5.97 Å². The van der Waals surface area contributed by atoms with Gasteiger partial charge in [0.25, 0.3) is 10.0 Å². The van der Waals surface area contributed by atoms with Crippen molar-refractivity contribution in [1.29, 1.82) is 0 Å². The molecule has 0 radical (unpaired) electrons. The molecule has 33 heavy (non-hydrogen) atoms. The zero-order chi connectivity index (χ0) is 24.1. The highest BCUT2D eigenvalue weighted by Gasteiger charge is 2.25. The lowest BCUT2D eigenvalue weighted by molar-refractivity contribution is -0.139. The van der Waals surface area contributed by atoms with Crippen LogP contribution in [0, 0.1) is 0 Å². The van der Waals surface area contributed by atoms with Crippen LogP contribution in [0.15, 0.2) is 56.9 Å². The van der Waals surface area contributed by atoms with Crippen LogP contribution in [0.3, 0.4) is 0 Å². The first-order valence-corrected chi connectivity index (χ1v) is 13.4. The van der Waals surface area contributed by atoms with Crippen molar-refractivity contribution in [3.05, 3.63) is 53.8 Å². The number of carbonyl (C=O) groups excluding carboxylic acids is 1. The summed E-state index contributed by atoms with van der Waals surface area (Å²) in [5, 5.41) is -0.232. The van der Waals surface area contributed by atoms with Crippen molar-refractivity contribution < 1.29 is 30.8 Å². The monoisotopic (exact) mass is 496 g/mol. The van der Waals surface area contributed by atoms with Crippen molar-refractivity contribution in [2.45, 2.75) is 42.3 Å². The number of benzene rings is 1. The van der Waals surface area contributed by atoms with Crippen molar-refractivity contribution in [2.24, 2.45) is 0 Å². The fourth-order valence-corrected chi connectivity index (χ4v) is 5.62. The predicted molar refractivity (Wildman–Crippen MR) is 122 cm³/mol. The average molecular weight is 497 g/mol. The summed E-state index contributed by atoms with van der Waals surface area (Å²) in [7, 11) is -4.45. The van der Waals surface area contributed by atoms with E-state index in [1.165, 1.54) is 54.8 Å². The van der Waals surface area contributed by atoms with E-state index in [1.807, 2.05) is 0 Å². The summed E-state index contributed by atoms with van der Waals surface area (Å²) in [5.41, 5.74) is 0.638. The minimum absolute atomic E-state index is 0.195. The number of esters is 1. The number of hydrogen-bond acceptors (Lipinski definition) is 7. The summed E-state index contributed by atoms with van der Waals surface area (Å²) in [4.78, 5) is 12.2. The Kier molecular flexibility index (Phi) is 8.11. The highest BCUT2D eigenvalue weighted by atomic mass is 32.2. The number of sulfonamides is 2. The Hall–Kier alpha value is -2.47. The fourth-order valence-electron chi connectivity index (χ4n) is 3.29. The maximum atomic E-state index is 12.8. The Bertz CT molecular complexity index is 1190. The second-order valence-corrected chi connectivity index (χ2v) is 11.9. The molecule has 0 atom stereocenters. The smallest absolute Gasteiger partial charge is 0.331 e. The van der Waals surface area contributed by atoms with Gasteiger partial charge in [-0.1, -0.05) is 25.0 Å². The zero-order valence-corrected chi connectivity index (χ0v) is 20.3. The molecule has 0 saturated carbocycles. The molecule has 0 amide bonds. The number of nitrogens with zero attached hydrogens (tertiary/aromatic N) is 2. The van der Waals surface area contributed by atoms with Gasteiger partial charge in [-0.2, -0.15) is 4.31 Å². The Morgan fingerprint density at radius 1 is 1.00 bits per heavy atom. The van der Waals surface area contributed by atoms with Crippen LogP contribution in [0.5, 0.6) is 0 Å². The Balaban J connectivity index is 1.57. The third kappa shape index (κ3) is 6.32. The van der Waals surface area contributed by atoms with Crippen molar-refractivity contribution in [2.75, 3.05) is 27.2 Å². The largest absolute Gasteiger partial charge is 0.454 e. The molecule has 180 valence electrons. The van der Waals surface area contributed by atoms with Gasteiger partial charge in [-0.05, 0) is 48.7 Å². The molecule has 1 aliphatic heterocycles. The molecule has 0 bridgehead atoms. The van der Waals surface area contributed by atoms with E-state index in [4.69, 9.17) is 9.15 Å². The Morgan fingerprint density at radius 3 is 2.24 bits per heavy atom. The first kappa shape index (κ1) is 25.2. The molecule has 9 nitrogen and oxygen atoms in total. The Morgan fingerprint density at radius 2 is 1.64 bits per heavy atom. The van der Waals surface area contributed by atoms with E-state index in [0.29, 0.717) is 18.7 Å². The maximum absolute atomic E-state index is 12.8. The van der Waals surface area contributed by atoms with E-state index >= 15 is 0 Å². The lowest BCUT2D eigenvalue weighted by Crippen LogP contribution is -2.31. The second-order valence-electron chi connectivity index (χ2n) is 7.84. The zero-order valence-electron chi connectivity index (χ0n) is 18.6. The molecular formula is C22H28N2O7S2. The van der Waals surface area contributed by atoms with Gasteiger partial charge in [-0.15, -0.1) is 0 Å². The Labute approximate surface area is 194 Å². The van der Waals surface area contributed by atoms with Crippen LogP contribution < -0.4 is 0 Å². The molecule has 1 aromatic heterocycles. The summed E-state index contributed by atoms with van der Waals surface area (Å²) in [5.74, 6) is -0.454. The van der Waals surface area contributed by atoms with Crippen LogP contribution in [0.4, 0.5) is 0 Å². The van der Waals surface area contributed by atoms with Crippen LogP contribution in [0.2, 0.25) is 0 Å². The minimum Gasteiger partial charge on any atom is -0.454 e. The minimum atomic E-state index is -3.70. The van der Waals surface area contributed by atoms with E-state index in [2.05, 4.69) is 0 Å². The van der Waals surface area contributed by atoms with Crippen LogP contribution in [0.1, 0.15) is 37.0 Å². The fraction of sp³-hybridized carbons (Fsp3) is 0.409. The first-order chi connectivity index (χ1) is 15.6. The molecule has 0 unspecified atom stereocenters. The summed E-state index contributed by atoms with van der Waals surface area (Å²) >= 11 is 0. The molecule has 0 N–H and O–H groups in total. The number of carbonyl (C=O) groups is 1. The molecule has 1 aliphatic rings. The van der Waals surface area contributed by atoms with E-state index < -0.39 is 26.0 Å². The first-order valence-electron chi connectivity index (χ1n) is 10.6. The van der Waals surface area contributed by atoms with Crippen molar-refractivity contribution in [3.8, 4) is 0 Å². The molecule has 2 aromatic rings. The van der Waals surface area contributed by atoms with E-state index in [1.54, 1.807) is 12.1 Å². The van der Waals surface area contributed by atoms with Crippen molar-refractivity contribution >= 4 is 32.1 Å². The summed E-state index contributed by atoms with van der Waals surface area (Å²) in [6.07, 6.45) is 6.54.